The third-order valence-electron chi connectivity index (χ3n) is 13.5. The summed E-state index contributed by atoms with van der Waals surface area (Å²) in [6.45, 7) is 0. The van der Waals surface area contributed by atoms with Crippen LogP contribution in [0.3, 0.4) is 0 Å². The normalized spacial score (nSPS) is 12.7. The Morgan fingerprint density at radius 2 is 0.969 bits per heavy atom. The summed E-state index contributed by atoms with van der Waals surface area (Å²) in [6, 6.07) is 88.7. The molecule has 0 fully saturated rings. The van der Waals surface area contributed by atoms with E-state index in [9.17, 15) is 0 Å². The van der Waals surface area contributed by atoms with Gasteiger partial charge in [-0.25, -0.2) is 4.98 Å². The molecule has 65 heavy (non-hydrogen) atoms. The number of anilines is 3. The average molecular weight is 845 g/mol. The first-order valence-corrected chi connectivity index (χ1v) is 23.1. The van der Waals surface area contributed by atoms with Gasteiger partial charge in [0.25, 0.3) is 0 Å². The lowest BCUT2D eigenvalue weighted by atomic mass is 9.67. The number of thiophene rings is 1. The van der Waals surface area contributed by atoms with Gasteiger partial charge in [-0.2, -0.15) is 0 Å². The van der Waals surface area contributed by atoms with Gasteiger partial charge in [0.1, 0.15) is 0 Å². The minimum Gasteiger partial charge on any atom is -0.310 e. The van der Waals surface area contributed by atoms with Gasteiger partial charge < -0.3 is 4.90 Å². The first-order valence-electron chi connectivity index (χ1n) is 22.3. The summed E-state index contributed by atoms with van der Waals surface area (Å²) in [4.78, 5) is 7.83. The quantitative estimate of drug-likeness (QED) is 0.149. The first-order chi connectivity index (χ1) is 32.2. The minimum absolute atomic E-state index is 0.485. The monoisotopic (exact) mass is 844 g/mol. The molecule has 304 valence electrons. The first kappa shape index (κ1) is 37.4. The minimum atomic E-state index is -0.485. The fourth-order valence-electron chi connectivity index (χ4n) is 10.7. The molecule has 2 nitrogen and oxygen atoms in total. The Hall–Kier alpha value is -8.11. The van der Waals surface area contributed by atoms with E-state index in [2.05, 4.69) is 248 Å². The number of hydrogen-bond acceptors (Lipinski definition) is 3. The van der Waals surface area contributed by atoms with Crippen molar-refractivity contribution in [3.63, 3.8) is 0 Å². The fourth-order valence-corrected chi connectivity index (χ4v) is 11.9. The Kier molecular flexibility index (Phi) is 8.65. The molecular weight excluding hydrogens is 805 g/mol. The number of benzene rings is 10. The van der Waals surface area contributed by atoms with Crippen molar-refractivity contribution in [1.82, 2.24) is 4.98 Å². The van der Waals surface area contributed by atoms with E-state index in [4.69, 9.17) is 4.98 Å². The standard InChI is InChI=1S/C62H40N2S/c1-4-19-44(20-5-1)62(45-21-6-2-7-22-45)54-28-13-10-26-51(54)60-55(62)38-37-53-59(60)52-27-11-14-29-56(52)63-61(53)43-18-16-17-42(39-43)41-31-33-47(34-32-41)64(46-23-8-3-9-24-46)48-35-36-50-49-25-12-15-30-57(49)65-58(50)40-48/h1-40H. The maximum atomic E-state index is 5.48. The average Bonchev–Trinajstić information content (AvgIpc) is 3.91. The number of pyridine rings is 1. The molecule has 10 aromatic carbocycles. The number of nitrogens with zero attached hydrogens (tertiary/aromatic N) is 2. The van der Waals surface area contributed by atoms with Crippen LogP contribution in [0, 0.1) is 0 Å². The van der Waals surface area contributed by atoms with Crippen molar-refractivity contribution >= 4 is 70.2 Å². The highest BCUT2D eigenvalue weighted by molar-refractivity contribution is 7.25. The number of hydrogen-bond donors (Lipinski definition) is 0. The van der Waals surface area contributed by atoms with Gasteiger partial charge in [-0.05, 0) is 99.1 Å². The molecule has 13 rings (SSSR count). The third kappa shape index (κ3) is 5.83. The molecule has 0 unspecified atom stereocenters. The van der Waals surface area contributed by atoms with Crippen molar-refractivity contribution in [3.8, 4) is 33.5 Å². The third-order valence-corrected chi connectivity index (χ3v) is 14.6. The molecule has 3 heteroatoms. The predicted octanol–water partition coefficient (Wildman–Crippen LogP) is 16.9. The molecule has 1 aliphatic carbocycles. The van der Waals surface area contributed by atoms with Crippen LogP contribution < -0.4 is 4.90 Å². The van der Waals surface area contributed by atoms with E-state index in [1.807, 2.05) is 11.3 Å². The van der Waals surface area contributed by atoms with E-state index in [1.54, 1.807) is 0 Å². The molecule has 2 heterocycles. The summed E-state index contributed by atoms with van der Waals surface area (Å²) in [7, 11) is 0. The Morgan fingerprint density at radius 1 is 0.369 bits per heavy atom. The number of aromatic nitrogens is 1. The van der Waals surface area contributed by atoms with Gasteiger partial charge in [0, 0.05) is 59.0 Å². The van der Waals surface area contributed by atoms with Crippen LogP contribution in [-0.2, 0) is 5.41 Å². The van der Waals surface area contributed by atoms with Crippen molar-refractivity contribution in [3.05, 3.63) is 265 Å². The number of para-hydroxylation sites is 2. The molecule has 0 saturated carbocycles. The summed E-state index contributed by atoms with van der Waals surface area (Å²) in [5.41, 5.74) is 15.9. The van der Waals surface area contributed by atoms with Crippen LogP contribution in [0.1, 0.15) is 22.3 Å². The van der Waals surface area contributed by atoms with Crippen LogP contribution in [0.25, 0.3) is 75.4 Å². The SMILES string of the molecule is c1ccc(N(c2ccc(-c3cccc(-c4nc5ccccc5c5c6c(ccc45)C(c4ccccc4)(c4ccccc4)c4ccccc4-6)c3)cc2)c2ccc3c(c2)sc2ccccc23)cc1. The lowest BCUT2D eigenvalue weighted by Gasteiger charge is -2.34. The number of rotatable bonds is 7. The van der Waals surface area contributed by atoms with Gasteiger partial charge in [0.05, 0.1) is 16.6 Å². The van der Waals surface area contributed by atoms with Crippen LogP contribution in [0.2, 0.25) is 0 Å². The van der Waals surface area contributed by atoms with E-state index in [-0.39, 0.29) is 0 Å². The second-order valence-electron chi connectivity index (χ2n) is 17.0. The van der Waals surface area contributed by atoms with E-state index in [1.165, 1.54) is 58.9 Å². The molecular formula is C62H40N2S. The van der Waals surface area contributed by atoms with Gasteiger partial charge in [0.15, 0.2) is 0 Å². The second-order valence-corrected chi connectivity index (χ2v) is 18.1. The molecule has 2 aromatic heterocycles. The maximum absolute atomic E-state index is 5.48. The fraction of sp³-hybridized carbons (Fsp3) is 0.0161. The molecule has 0 bridgehead atoms. The highest BCUT2D eigenvalue weighted by Crippen LogP contribution is 2.59. The molecule has 0 aliphatic heterocycles. The molecule has 0 radical (unpaired) electrons. The zero-order valence-electron chi connectivity index (χ0n) is 35.4. The van der Waals surface area contributed by atoms with Crippen LogP contribution >= 0.6 is 11.3 Å². The van der Waals surface area contributed by atoms with E-state index in [0.29, 0.717) is 0 Å². The smallest absolute Gasteiger partial charge is 0.0788 e. The van der Waals surface area contributed by atoms with Gasteiger partial charge >= 0.3 is 0 Å². The van der Waals surface area contributed by atoms with Crippen molar-refractivity contribution < 1.29 is 0 Å². The topological polar surface area (TPSA) is 16.1 Å². The van der Waals surface area contributed by atoms with Crippen molar-refractivity contribution in [2.45, 2.75) is 5.41 Å². The zero-order valence-corrected chi connectivity index (χ0v) is 36.2. The van der Waals surface area contributed by atoms with Crippen molar-refractivity contribution in [1.29, 1.82) is 0 Å². The van der Waals surface area contributed by atoms with Crippen LogP contribution in [0.15, 0.2) is 243 Å². The summed E-state index contributed by atoms with van der Waals surface area (Å²) in [5, 5.41) is 6.17. The molecule has 0 spiro atoms. The zero-order chi connectivity index (χ0) is 42.9. The lowest BCUT2D eigenvalue weighted by Crippen LogP contribution is -2.28. The van der Waals surface area contributed by atoms with Gasteiger partial charge in [-0.1, -0.05) is 188 Å². The molecule has 0 saturated heterocycles. The summed E-state index contributed by atoms with van der Waals surface area (Å²) >= 11 is 1.85. The molecule has 12 aromatic rings. The van der Waals surface area contributed by atoms with Gasteiger partial charge in [0.2, 0.25) is 0 Å². The van der Waals surface area contributed by atoms with Crippen LogP contribution in [-0.4, -0.2) is 4.98 Å². The maximum Gasteiger partial charge on any atom is 0.0788 e. The summed E-state index contributed by atoms with van der Waals surface area (Å²) in [6.07, 6.45) is 0. The summed E-state index contributed by atoms with van der Waals surface area (Å²) in [5.74, 6) is 0. The van der Waals surface area contributed by atoms with Crippen LogP contribution in [0.4, 0.5) is 17.1 Å². The van der Waals surface area contributed by atoms with Crippen molar-refractivity contribution in [2.75, 3.05) is 4.90 Å². The Balaban J connectivity index is 0.952. The molecule has 0 N–H and O–H groups in total. The van der Waals surface area contributed by atoms with Crippen LogP contribution in [0.5, 0.6) is 0 Å². The van der Waals surface area contributed by atoms with Gasteiger partial charge in [-0.3, -0.25) is 0 Å². The highest BCUT2D eigenvalue weighted by Gasteiger charge is 2.46. The van der Waals surface area contributed by atoms with Gasteiger partial charge in [-0.15, -0.1) is 11.3 Å². The van der Waals surface area contributed by atoms with Crippen molar-refractivity contribution in [2.24, 2.45) is 0 Å². The predicted molar refractivity (Wildman–Crippen MR) is 275 cm³/mol. The Morgan fingerprint density at radius 3 is 1.75 bits per heavy atom. The number of fused-ring (bicyclic) bond motifs is 10. The summed E-state index contributed by atoms with van der Waals surface area (Å²) < 4.78 is 2.60. The second kappa shape index (κ2) is 15.0. The molecule has 0 atom stereocenters. The lowest BCUT2D eigenvalue weighted by molar-refractivity contribution is 0.769. The Bertz CT molecular complexity index is 3720. The van der Waals surface area contributed by atoms with E-state index in [0.717, 1.165) is 55.7 Å². The largest absolute Gasteiger partial charge is 0.310 e. The highest BCUT2D eigenvalue weighted by atomic mass is 32.1. The molecule has 1 aliphatic rings. The Labute approximate surface area is 382 Å². The molecule has 0 amide bonds. The van der Waals surface area contributed by atoms with E-state index < -0.39 is 5.41 Å². The van der Waals surface area contributed by atoms with E-state index >= 15 is 0 Å².